The number of likely N-dealkylation sites (N-methyl/N-ethyl adjacent to an activating group) is 1. The molecule has 152 valence electrons. The Kier molecular flexibility index (Phi) is 4.88. The van der Waals surface area contributed by atoms with Crippen LogP contribution in [0.25, 0.3) is 22.3 Å². The zero-order valence-electron chi connectivity index (χ0n) is 17.3. The summed E-state index contributed by atoms with van der Waals surface area (Å²) in [6, 6.07) is 17.2. The zero-order valence-corrected chi connectivity index (χ0v) is 17.3. The maximum absolute atomic E-state index is 4.86. The van der Waals surface area contributed by atoms with E-state index in [9.17, 15) is 0 Å². The van der Waals surface area contributed by atoms with E-state index in [1.807, 2.05) is 19.1 Å². The third-order valence-corrected chi connectivity index (χ3v) is 5.97. The van der Waals surface area contributed by atoms with E-state index >= 15 is 0 Å². The summed E-state index contributed by atoms with van der Waals surface area (Å²) < 4.78 is 0. The topological polar surface area (TPSA) is 73.8 Å². The van der Waals surface area contributed by atoms with Gasteiger partial charge in [-0.25, -0.2) is 4.98 Å². The van der Waals surface area contributed by atoms with Gasteiger partial charge in [0.15, 0.2) is 11.6 Å². The van der Waals surface area contributed by atoms with Crippen LogP contribution in [-0.4, -0.2) is 63.0 Å². The van der Waals surface area contributed by atoms with Crippen molar-refractivity contribution >= 4 is 16.7 Å². The van der Waals surface area contributed by atoms with Gasteiger partial charge in [-0.2, -0.15) is 10.2 Å². The van der Waals surface area contributed by atoms with Crippen LogP contribution in [0.2, 0.25) is 0 Å². The molecule has 1 aliphatic rings. The number of H-pyrrole nitrogens is 1. The van der Waals surface area contributed by atoms with Crippen molar-refractivity contribution in [1.29, 1.82) is 0 Å². The molecule has 2 aromatic heterocycles. The van der Waals surface area contributed by atoms with Crippen molar-refractivity contribution in [2.24, 2.45) is 0 Å². The van der Waals surface area contributed by atoms with Crippen LogP contribution in [0.1, 0.15) is 11.3 Å². The van der Waals surface area contributed by atoms with Crippen LogP contribution < -0.4 is 4.90 Å². The molecule has 7 heteroatoms. The SMILES string of the molecule is Cc1n[nH]c2ccc(-c3nncc(N4CCN(C)[C@@H](Cc5ccccc5)C4)n3)cc12. The summed E-state index contributed by atoms with van der Waals surface area (Å²) in [4.78, 5) is 9.62. The smallest absolute Gasteiger partial charge is 0.183 e. The van der Waals surface area contributed by atoms with E-state index < -0.39 is 0 Å². The highest BCUT2D eigenvalue weighted by Gasteiger charge is 2.26. The van der Waals surface area contributed by atoms with Gasteiger partial charge in [0.25, 0.3) is 0 Å². The van der Waals surface area contributed by atoms with Gasteiger partial charge < -0.3 is 4.90 Å². The first-order chi connectivity index (χ1) is 14.7. The van der Waals surface area contributed by atoms with Crippen molar-refractivity contribution in [3.05, 3.63) is 66.0 Å². The van der Waals surface area contributed by atoms with Crippen LogP contribution in [0.3, 0.4) is 0 Å². The average molecular weight is 400 g/mol. The van der Waals surface area contributed by atoms with E-state index in [0.717, 1.165) is 54.0 Å². The largest absolute Gasteiger partial charge is 0.352 e. The van der Waals surface area contributed by atoms with E-state index in [1.165, 1.54) is 5.56 Å². The number of aryl methyl sites for hydroxylation is 1. The van der Waals surface area contributed by atoms with Gasteiger partial charge in [-0.05, 0) is 44.2 Å². The highest BCUT2D eigenvalue weighted by atomic mass is 15.3. The summed E-state index contributed by atoms with van der Waals surface area (Å²) in [5.74, 6) is 1.53. The molecule has 7 nitrogen and oxygen atoms in total. The van der Waals surface area contributed by atoms with Crippen LogP contribution >= 0.6 is 0 Å². The molecule has 0 saturated carbocycles. The van der Waals surface area contributed by atoms with Crippen LogP contribution in [0.5, 0.6) is 0 Å². The van der Waals surface area contributed by atoms with Gasteiger partial charge >= 0.3 is 0 Å². The predicted molar refractivity (Wildman–Crippen MR) is 118 cm³/mol. The maximum atomic E-state index is 4.86. The number of nitrogens with one attached hydrogen (secondary N) is 1. The summed E-state index contributed by atoms with van der Waals surface area (Å²) in [5.41, 5.74) is 4.31. The fourth-order valence-electron chi connectivity index (χ4n) is 4.11. The van der Waals surface area contributed by atoms with Crippen molar-refractivity contribution in [3.8, 4) is 11.4 Å². The number of anilines is 1. The maximum Gasteiger partial charge on any atom is 0.183 e. The van der Waals surface area contributed by atoms with Crippen molar-refractivity contribution < 1.29 is 0 Å². The molecule has 0 radical (unpaired) electrons. The standard InChI is InChI=1S/C23H25N7/c1-16-20-13-18(8-9-21(20)27-26-16)23-25-22(14-24-28-23)30-11-10-29(2)19(15-30)12-17-6-4-3-5-7-17/h3-9,13-14,19H,10-12,15H2,1-2H3,(H,26,27)/t19-/m0/s1. The molecule has 1 N–H and O–H groups in total. The minimum atomic E-state index is 0.435. The highest BCUT2D eigenvalue weighted by molar-refractivity contribution is 5.85. The van der Waals surface area contributed by atoms with E-state index in [1.54, 1.807) is 6.20 Å². The van der Waals surface area contributed by atoms with Crippen LogP contribution in [0.4, 0.5) is 5.82 Å². The molecule has 2 aromatic carbocycles. The van der Waals surface area contributed by atoms with Crippen molar-refractivity contribution in [3.63, 3.8) is 0 Å². The second kappa shape index (κ2) is 7.84. The van der Waals surface area contributed by atoms with Gasteiger partial charge in [-0.15, -0.1) is 5.10 Å². The van der Waals surface area contributed by atoms with Gasteiger partial charge in [0.05, 0.1) is 17.4 Å². The molecule has 3 heterocycles. The number of hydrogen-bond donors (Lipinski definition) is 1. The Bertz CT molecular complexity index is 1150. The Morgan fingerprint density at radius 1 is 1.10 bits per heavy atom. The Balaban J connectivity index is 1.39. The van der Waals surface area contributed by atoms with Gasteiger partial charge in [-0.3, -0.25) is 10.00 Å². The molecule has 0 bridgehead atoms. The lowest BCUT2D eigenvalue weighted by molar-refractivity contribution is 0.216. The van der Waals surface area contributed by atoms with Gasteiger partial charge in [-0.1, -0.05) is 30.3 Å². The Morgan fingerprint density at radius 2 is 1.97 bits per heavy atom. The Morgan fingerprint density at radius 3 is 2.83 bits per heavy atom. The molecule has 30 heavy (non-hydrogen) atoms. The molecular weight excluding hydrogens is 374 g/mol. The van der Waals surface area contributed by atoms with Crippen molar-refractivity contribution in [1.82, 2.24) is 30.3 Å². The molecular formula is C23H25N7. The third kappa shape index (κ3) is 3.64. The van der Waals surface area contributed by atoms with Gasteiger partial charge in [0, 0.05) is 36.6 Å². The Labute approximate surface area is 175 Å². The second-order valence-electron chi connectivity index (χ2n) is 7.98. The zero-order chi connectivity index (χ0) is 20.5. The summed E-state index contributed by atoms with van der Waals surface area (Å²) >= 11 is 0. The molecule has 1 saturated heterocycles. The van der Waals surface area contributed by atoms with Crippen LogP contribution in [0, 0.1) is 6.92 Å². The number of benzene rings is 2. The van der Waals surface area contributed by atoms with E-state index in [0.29, 0.717) is 11.9 Å². The van der Waals surface area contributed by atoms with Crippen LogP contribution in [0.15, 0.2) is 54.7 Å². The summed E-state index contributed by atoms with van der Waals surface area (Å²) in [6.45, 7) is 4.84. The average Bonchev–Trinajstić information content (AvgIpc) is 3.16. The molecule has 0 amide bonds. The molecule has 0 aliphatic carbocycles. The lowest BCUT2D eigenvalue weighted by Crippen LogP contribution is -2.52. The van der Waals surface area contributed by atoms with E-state index in [2.05, 4.69) is 73.6 Å². The molecule has 1 aliphatic heterocycles. The molecule has 1 fully saturated rings. The number of fused-ring (bicyclic) bond motifs is 1. The number of aromatic nitrogens is 5. The Hall–Kier alpha value is -3.32. The van der Waals surface area contributed by atoms with Crippen LogP contribution in [-0.2, 0) is 6.42 Å². The summed E-state index contributed by atoms with van der Waals surface area (Å²) in [7, 11) is 2.21. The number of aromatic amines is 1. The normalized spacial score (nSPS) is 17.5. The number of piperazine rings is 1. The molecule has 5 rings (SSSR count). The fraction of sp³-hybridized carbons (Fsp3) is 0.304. The first-order valence-electron chi connectivity index (χ1n) is 10.3. The first-order valence-corrected chi connectivity index (χ1v) is 10.3. The molecule has 1 atom stereocenters. The molecule has 0 spiro atoms. The van der Waals surface area contributed by atoms with Gasteiger partial charge in [0.1, 0.15) is 0 Å². The highest BCUT2D eigenvalue weighted by Crippen LogP contribution is 2.24. The van der Waals surface area contributed by atoms with E-state index in [-0.39, 0.29) is 0 Å². The lowest BCUT2D eigenvalue weighted by atomic mass is 10.0. The minimum absolute atomic E-state index is 0.435. The lowest BCUT2D eigenvalue weighted by Gasteiger charge is -2.40. The number of rotatable bonds is 4. The first kappa shape index (κ1) is 18.7. The van der Waals surface area contributed by atoms with Gasteiger partial charge in [0.2, 0.25) is 0 Å². The third-order valence-electron chi connectivity index (χ3n) is 5.97. The van der Waals surface area contributed by atoms with Crippen molar-refractivity contribution in [2.45, 2.75) is 19.4 Å². The quantitative estimate of drug-likeness (QED) is 0.568. The number of hydrogen-bond acceptors (Lipinski definition) is 6. The fourth-order valence-corrected chi connectivity index (χ4v) is 4.11. The number of nitrogens with zero attached hydrogens (tertiary/aromatic N) is 6. The second-order valence-corrected chi connectivity index (χ2v) is 7.98. The van der Waals surface area contributed by atoms with E-state index in [4.69, 9.17) is 4.98 Å². The molecule has 0 unspecified atom stereocenters. The predicted octanol–water partition coefficient (Wildman–Crippen LogP) is 3.09. The summed E-state index contributed by atoms with van der Waals surface area (Å²) in [5, 5.41) is 17.0. The monoisotopic (exact) mass is 399 g/mol. The minimum Gasteiger partial charge on any atom is -0.352 e. The summed E-state index contributed by atoms with van der Waals surface area (Å²) in [6.07, 6.45) is 2.80. The van der Waals surface area contributed by atoms with Crippen molar-refractivity contribution in [2.75, 3.05) is 31.6 Å². The molecule has 4 aromatic rings.